The summed E-state index contributed by atoms with van der Waals surface area (Å²) in [5.74, 6) is -1.66. The summed E-state index contributed by atoms with van der Waals surface area (Å²) in [7, 11) is 0. The molecule has 0 amide bonds. The van der Waals surface area contributed by atoms with Crippen molar-refractivity contribution in [2.24, 2.45) is 5.41 Å². The molecule has 3 aromatic rings. The molecule has 47 heavy (non-hydrogen) atoms. The summed E-state index contributed by atoms with van der Waals surface area (Å²) >= 11 is 12.4. The quantitative estimate of drug-likeness (QED) is 0.119. The van der Waals surface area contributed by atoms with Crippen molar-refractivity contribution in [3.8, 4) is 6.07 Å². The van der Waals surface area contributed by atoms with E-state index in [1.807, 2.05) is 34.6 Å². The summed E-state index contributed by atoms with van der Waals surface area (Å²) in [5.41, 5.74) is -2.15. The lowest BCUT2D eigenvalue weighted by Crippen LogP contribution is -2.44. The lowest BCUT2D eigenvalue weighted by atomic mass is 9.63. The number of ether oxygens (including phenoxy) is 2. The van der Waals surface area contributed by atoms with Crippen molar-refractivity contribution >= 4 is 29.0 Å². The van der Waals surface area contributed by atoms with Gasteiger partial charge in [0.2, 0.25) is 0 Å². The fourth-order valence-electron chi connectivity index (χ4n) is 6.27. The standard InChI is InChI=1S/C34H43Cl2F2N5O4/c1-32(2,3)14-28-34(18-39,24-10-9-21(35)13-26(24)37)30(23-7-6-8-25(36)31(23)38)27(41-28)17-46-20-40-29-11-12-43(42-29)19-33(4,5)47-16-22(45)15-44/h6-13,22,27-28,30,41,44-45H,14-17,19-20H2,1-5H3,(H,40,42). The second kappa shape index (κ2) is 15.2. The molecule has 1 aliphatic heterocycles. The second-order valence-corrected chi connectivity index (χ2v) is 14.7. The SMILES string of the molecule is CC(C)(C)CC1NC(COCNc2ccn(CC(C)(C)OCC(O)CO)n2)C(c2cccc(Cl)c2F)C1(C#N)c1ccc(Cl)cc1F. The molecule has 9 nitrogen and oxygen atoms in total. The Morgan fingerprint density at radius 2 is 1.91 bits per heavy atom. The Morgan fingerprint density at radius 3 is 2.57 bits per heavy atom. The highest BCUT2D eigenvalue weighted by molar-refractivity contribution is 6.31. The molecule has 2 heterocycles. The number of aromatic nitrogens is 2. The van der Waals surface area contributed by atoms with Crippen molar-refractivity contribution in [3.63, 3.8) is 0 Å². The van der Waals surface area contributed by atoms with Crippen LogP contribution >= 0.6 is 23.2 Å². The van der Waals surface area contributed by atoms with Crippen LogP contribution in [-0.4, -0.2) is 70.3 Å². The molecule has 0 saturated carbocycles. The number of nitrogens with zero attached hydrogens (tertiary/aromatic N) is 3. The zero-order valence-corrected chi connectivity index (χ0v) is 28.7. The van der Waals surface area contributed by atoms with Crippen LogP contribution in [0.4, 0.5) is 14.6 Å². The minimum absolute atomic E-state index is 0.00659. The van der Waals surface area contributed by atoms with Crippen molar-refractivity contribution in [1.29, 1.82) is 5.26 Å². The predicted octanol–water partition coefficient (Wildman–Crippen LogP) is 6.02. The molecule has 1 aromatic heterocycles. The zero-order valence-electron chi connectivity index (χ0n) is 27.2. The van der Waals surface area contributed by atoms with E-state index in [4.69, 9.17) is 37.8 Å². The van der Waals surface area contributed by atoms with E-state index in [2.05, 4.69) is 21.8 Å². The Bertz CT molecular complexity index is 1560. The Hall–Kier alpha value is -2.82. The van der Waals surface area contributed by atoms with Crippen molar-refractivity contribution in [2.45, 2.75) is 82.7 Å². The average Bonchev–Trinajstić information content (AvgIpc) is 3.55. The number of aliphatic hydroxyl groups is 2. The third kappa shape index (κ3) is 8.81. The van der Waals surface area contributed by atoms with Gasteiger partial charge in [-0.2, -0.15) is 10.4 Å². The number of halogens is 4. The summed E-state index contributed by atoms with van der Waals surface area (Å²) in [4.78, 5) is 0. The van der Waals surface area contributed by atoms with Gasteiger partial charge >= 0.3 is 0 Å². The normalized spacial score (nSPS) is 22.3. The largest absolute Gasteiger partial charge is 0.394 e. The van der Waals surface area contributed by atoms with Gasteiger partial charge in [0.1, 0.15) is 35.7 Å². The molecule has 4 rings (SSSR count). The molecule has 5 unspecified atom stereocenters. The molecule has 13 heteroatoms. The first-order valence-corrected chi connectivity index (χ1v) is 16.2. The molecule has 0 spiro atoms. The monoisotopic (exact) mass is 693 g/mol. The Balaban J connectivity index is 1.57. The van der Waals surface area contributed by atoms with Gasteiger partial charge in [0.25, 0.3) is 0 Å². The zero-order chi connectivity index (χ0) is 34.6. The van der Waals surface area contributed by atoms with Crippen LogP contribution in [0.2, 0.25) is 10.0 Å². The van der Waals surface area contributed by atoms with Crippen LogP contribution in [0.25, 0.3) is 0 Å². The predicted molar refractivity (Wildman–Crippen MR) is 177 cm³/mol. The first-order valence-electron chi connectivity index (χ1n) is 15.4. The summed E-state index contributed by atoms with van der Waals surface area (Å²) in [5, 5.41) is 40.8. The van der Waals surface area contributed by atoms with Crippen LogP contribution in [0, 0.1) is 28.4 Å². The Kier molecular flexibility index (Phi) is 11.9. The van der Waals surface area contributed by atoms with Crippen LogP contribution in [0.5, 0.6) is 0 Å². The molecule has 4 N–H and O–H groups in total. The van der Waals surface area contributed by atoms with E-state index in [-0.39, 0.29) is 53.1 Å². The number of hydrogen-bond donors (Lipinski definition) is 4. The smallest absolute Gasteiger partial charge is 0.149 e. The Labute approximate surface area is 284 Å². The van der Waals surface area contributed by atoms with Crippen molar-refractivity contribution in [3.05, 3.63) is 81.5 Å². The molecule has 256 valence electrons. The van der Waals surface area contributed by atoms with Gasteiger partial charge in [-0.15, -0.1) is 0 Å². The highest BCUT2D eigenvalue weighted by Gasteiger charge is 2.59. The summed E-state index contributed by atoms with van der Waals surface area (Å²) in [6.45, 7) is 9.89. The molecule has 1 saturated heterocycles. The molecular formula is C34H43Cl2F2N5O4. The number of aliphatic hydroxyl groups excluding tert-OH is 2. The summed E-state index contributed by atoms with van der Waals surface area (Å²) in [6, 6.07) is 11.9. The van der Waals surface area contributed by atoms with Gasteiger partial charge < -0.3 is 30.3 Å². The highest BCUT2D eigenvalue weighted by Crippen LogP contribution is 2.52. The molecule has 5 atom stereocenters. The van der Waals surface area contributed by atoms with Gasteiger partial charge in [0, 0.05) is 40.9 Å². The number of rotatable bonds is 14. The van der Waals surface area contributed by atoms with E-state index in [1.54, 1.807) is 29.1 Å². The van der Waals surface area contributed by atoms with E-state index in [9.17, 15) is 10.4 Å². The van der Waals surface area contributed by atoms with Gasteiger partial charge in [0.15, 0.2) is 0 Å². The maximum absolute atomic E-state index is 15.8. The number of hydrogen-bond acceptors (Lipinski definition) is 8. The average molecular weight is 695 g/mol. The molecule has 0 aliphatic carbocycles. The van der Waals surface area contributed by atoms with E-state index in [1.165, 1.54) is 24.3 Å². The third-order valence-electron chi connectivity index (χ3n) is 8.27. The van der Waals surface area contributed by atoms with E-state index in [0.29, 0.717) is 18.8 Å². The molecule has 1 fully saturated rings. The number of nitrogens with one attached hydrogen (secondary N) is 2. The van der Waals surface area contributed by atoms with E-state index < -0.39 is 46.8 Å². The van der Waals surface area contributed by atoms with Crippen LogP contribution in [0.3, 0.4) is 0 Å². The first-order chi connectivity index (χ1) is 22.1. The minimum atomic E-state index is -1.53. The third-order valence-corrected chi connectivity index (χ3v) is 8.79. The van der Waals surface area contributed by atoms with Crippen molar-refractivity contribution < 1.29 is 28.5 Å². The molecular weight excluding hydrogens is 651 g/mol. The number of benzene rings is 2. The van der Waals surface area contributed by atoms with Gasteiger partial charge in [-0.25, -0.2) is 8.78 Å². The van der Waals surface area contributed by atoms with Crippen LogP contribution in [-0.2, 0) is 21.4 Å². The first kappa shape index (κ1) is 37.0. The maximum Gasteiger partial charge on any atom is 0.149 e. The van der Waals surface area contributed by atoms with Gasteiger partial charge in [0.05, 0.1) is 43.1 Å². The van der Waals surface area contributed by atoms with E-state index in [0.717, 1.165) is 0 Å². The molecule has 2 aromatic carbocycles. The number of nitriles is 1. The van der Waals surface area contributed by atoms with Gasteiger partial charge in [-0.05, 0) is 49.4 Å². The lowest BCUT2D eigenvalue weighted by molar-refractivity contribution is -0.0789. The fraction of sp³-hybridized carbons (Fsp3) is 0.529. The molecule has 0 bridgehead atoms. The lowest BCUT2D eigenvalue weighted by Gasteiger charge is -2.37. The summed E-state index contributed by atoms with van der Waals surface area (Å²) in [6.07, 6.45) is 1.29. The molecule has 1 aliphatic rings. The van der Waals surface area contributed by atoms with Gasteiger partial charge in [-0.1, -0.05) is 62.2 Å². The minimum Gasteiger partial charge on any atom is -0.394 e. The van der Waals surface area contributed by atoms with Gasteiger partial charge in [-0.3, -0.25) is 4.68 Å². The second-order valence-electron chi connectivity index (χ2n) is 13.8. The van der Waals surface area contributed by atoms with Crippen molar-refractivity contribution in [1.82, 2.24) is 15.1 Å². The van der Waals surface area contributed by atoms with Crippen LogP contribution in [0.15, 0.2) is 48.7 Å². The van der Waals surface area contributed by atoms with E-state index >= 15 is 8.78 Å². The summed E-state index contributed by atoms with van der Waals surface area (Å²) < 4.78 is 45.0. The number of anilines is 1. The topological polar surface area (TPSA) is 125 Å². The Morgan fingerprint density at radius 1 is 1.17 bits per heavy atom. The fourth-order valence-corrected chi connectivity index (χ4v) is 6.61. The van der Waals surface area contributed by atoms with Crippen LogP contribution < -0.4 is 10.6 Å². The highest BCUT2D eigenvalue weighted by atomic mass is 35.5. The molecule has 0 radical (unpaired) electrons. The maximum atomic E-state index is 15.8. The van der Waals surface area contributed by atoms with Crippen molar-refractivity contribution in [2.75, 3.05) is 31.9 Å². The van der Waals surface area contributed by atoms with Crippen LogP contribution in [0.1, 0.15) is 58.1 Å².